The number of hydrogen-bond acceptors (Lipinski definition) is 3. The number of hydrogen-bond donors (Lipinski definition) is 1. The molecule has 0 fully saturated rings. The molecule has 72 valence electrons. The predicted octanol–water partition coefficient (Wildman–Crippen LogP) is -0.299. The van der Waals surface area contributed by atoms with E-state index in [9.17, 15) is 4.79 Å². The molecule has 4 heteroatoms. The molecule has 0 unspecified atom stereocenters. The van der Waals surface area contributed by atoms with Crippen LogP contribution in [0.5, 0.6) is 0 Å². The van der Waals surface area contributed by atoms with Crippen LogP contribution in [0.1, 0.15) is 6.42 Å². The van der Waals surface area contributed by atoms with Gasteiger partial charge >= 0.3 is 0 Å². The Labute approximate surface area is 73.9 Å². The fourth-order valence-corrected chi connectivity index (χ4v) is 0.805. The zero-order valence-electron chi connectivity index (χ0n) is 8.09. The summed E-state index contributed by atoms with van der Waals surface area (Å²) in [6, 6.07) is 0. The summed E-state index contributed by atoms with van der Waals surface area (Å²) < 4.78 is 4.66. The molecule has 12 heavy (non-hydrogen) atoms. The second kappa shape index (κ2) is 7.06. The van der Waals surface area contributed by atoms with E-state index in [0.29, 0.717) is 0 Å². The molecule has 0 rings (SSSR count). The van der Waals surface area contributed by atoms with E-state index in [0.717, 1.165) is 19.5 Å². The van der Waals surface area contributed by atoms with Gasteiger partial charge in [0, 0.05) is 13.7 Å². The molecule has 0 radical (unpaired) electrons. The van der Waals surface area contributed by atoms with Gasteiger partial charge in [0.25, 0.3) is 0 Å². The Bertz CT molecular complexity index is 126. The number of rotatable bonds is 6. The summed E-state index contributed by atoms with van der Waals surface area (Å²) in [4.78, 5) is 12.9. The van der Waals surface area contributed by atoms with Crippen LogP contribution >= 0.6 is 0 Å². The molecule has 0 aliphatic carbocycles. The molecule has 0 saturated carbocycles. The summed E-state index contributed by atoms with van der Waals surface area (Å²) in [6.45, 7) is 1.87. The van der Waals surface area contributed by atoms with E-state index in [1.807, 2.05) is 14.1 Å². The highest BCUT2D eigenvalue weighted by molar-refractivity contribution is 5.77. The normalized spacial score (nSPS) is 10.3. The number of ether oxygens (including phenoxy) is 1. The van der Waals surface area contributed by atoms with Crippen molar-refractivity contribution in [3.63, 3.8) is 0 Å². The van der Waals surface area contributed by atoms with Gasteiger partial charge in [-0.05, 0) is 27.1 Å². The molecule has 1 amide bonds. The molecular formula is C8H18N2O2. The summed E-state index contributed by atoms with van der Waals surface area (Å²) in [7, 11) is 5.54. The van der Waals surface area contributed by atoms with E-state index in [4.69, 9.17) is 0 Å². The summed E-state index contributed by atoms with van der Waals surface area (Å²) in [6.07, 6.45) is 0.975. The van der Waals surface area contributed by atoms with E-state index < -0.39 is 0 Å². The molecule has 0 heterocycles. The first-order valence-corrected chi connectivity index (χ1v) is 4.07. The maximum Gasteiger partial charge on any atom is 0.245 e. The van der Waals surface area contributed by atoms with E-state index in [1.165, 1.54) is 7.11 Å². The highest BCUT2D eigenvalue weighted by Crippen LogP contribution is 1.80. The summed E-state index contributed by atoms with van der Waals surface area (Å²) >= 11 is 0. The van der Waals surface area contributed by atoms with Crippen LogP contribution in [-0.4, -0.2) is 51.7 Å². The Morgan fingerprint density at radius 2 is 2.17 bits per heavy atom. The van der Waals surface area contributed by atoms with Crippen LogP contribution in [0.2, 0.25) is 0 Å². The van der Waals surface area contributed by atoms with Gasteiger partial charge in [0.05, 0.1) is 0 Å². The zero-order chi connectivity index (χ0) is 9.40. The molecule has 4 nitrogen and oxygen atoms in total. The first-order valence-electron chi connectivity index (χ1n) is 4.07. The highest BCUT2D eigenvalue weighted by Gasteiger charge is 1.97. The third-order valence-electron chi connectivity index (χ3n) is 1.38. The Hall–Kier alpha value is -0.610. The van der Waals surface area contributed by atoms with Gasteiger partial charge in [-0.2, -0.15) is 0 Å². The summed E-state index contributed by atoms with van der Waals surface area (Å²) in [5.41, 5.74) is 0. The van der Waals surface area contributed by atoms with Crippen LogP contribution in [0.3, 0.4) is 0 Å². The number of carbonyl (C=O) groups is 1. The van der Waals surface area contributed by atoms with Crippen LogP contribution in [0.4, 0.5) is 0 Å². The first-order chi connectivity index (χ1) is 5.66. The average molecular weight is 174 g/mol. The average Bonchev–Trinajstić information content (AvgIpc) is 1.98. The zero-order valence-corrected chi connectivity index (χ0v) is 8.09. The molecular weight excluding hydrogens is 156 g/mol. The number of nitrogens with one attached hydrogen (secondary N) is 1. The molecule has 0 saturated heterocycles. The van der Waals surface area contributed by atoms with Crippen molar-refractivity contribution < 1.29 is 9.53 Å². The lowest BCUT2D eigenvalue weighted by atomic mass is 10.4. The van der Waals surface area contributed by atoms with Crippen molar-refractivity contribution in [2.24, 2.45) is 0 Å². The van der Waals surface area contributed by atoms with Crippen LogP contribution in [-0.2, 0) is 9.53 Å². The van der Waals surface area contributed by atoms with Gasteiger partial charge in [0.1, 0.15) is 6.61 Å². The predicted molar refractivity (Wildman–Crippen MR) is 48.1 cm³/mol. The van der Waals surface area contributed by atoms with Crippen LogP contribution in [0.15, 0.2) is 0 Å². The number of carbonyl (C=O) groups excluding carboxylic acids is 1. The largest absolute Gasteiger partial charge is 0.375 e. The third kappa shape index (κ3) is 7.50. The van der Waals surface area contributed by atoms with E-state index in [1.54, 1.807) is 0 Å². The summed E-state index contributed by atoms with van der Waals surface area (Å²) in [5, 5.41) is 2.75. The minimum absolute atomic E-state index is 0.0451. The van der Waals surface area contributed by atoms with Crippen molar-refractivity contribution >= 4 is 5.91 Å². The second-order valence-corrected chi connectivity index (χ2v) is 2.94. The molecule has 0 aromatic carbocycles. The van der Waals surface area contributed by atoms with Gasteiger partial charge in [-0.3, -0.25) is 4.79 Å². The minimum Gasteiger partial charge on any atom is -0.375 e. The Balaban J connectivity index is 3.14. The maximum absolute atomic E-state index is 10.8. The Kier molecular flexibility index (Phi) is 6.70. The quantitative estimate of drug-likeness (QED) is 0.562. The first kappa shape index (κ1) is 11.4. The maximum atomic E-state index is 10.8. The topological polar surface area (TPSA) is 41.6 Å². The van der Waals surface area contributed by atoms with Crippen molar-refractivity contribution in [1.29, 1.82) is 0 Å². The van der Waals surface area contributed by atoms with Crippen molar-refractivity contribution in [3.05, 3.63) is 0 Å². The molecule has 0 bridgehead atoms. The monoisotopic (exact) mass is 174 g/mol. The second-order valence-electron chi connectivity index (χ2n) is 2.94. The van der Waals surface area contributed by atoms with E-state index in [2.05, 4.69) is 15.0 Å². The Morgan fingerprint density at radius 1 is 1.50 bits per heavy atom. The molecule has 1 N–H and O–H groups in total. The molecule has 0 aromatic rings. The van der Waals surface area contributed by atoms with E-state index in [-0.39, 0.29) is 12.5 Å². The minimum atomic E-state index is -0.0451. The smallest absolute Gasteiger partial charge is 0.245 e. The van der Waals surface area contributed by atoms with Crippen molar-refractivity contribution in [3.8, 4) is 0 Å². The lowest BCUT2D eigenvalue weighted by molar-refractivity contribution is -0.124. The summed E-state index contributed by atoms with van der Waals surface area (Å²) in [5.74, 6) is -0.0451. The van der Waals surface area contributed by atoms with Gasteiger partial charge in [-0.1, -0.05) is 0 Å². The fourth-order valence-electron chi connectivity index (χ4n) is 0.805. The fraction of sp³-hybridized carbons (Fsp3) is 0.875. The SMILES string of the molecule is COCC(=O)NCCCN(C)C. The van der Waals surface area contributed by atoms with Crippen LogP contribution in [0, 0.1) is 0 Å². The third-order valence-corrected chi connectivity index (χ3v) is 1.38. The van der Waals surface area contributed by atoms with Crippen LogP contribution in [0.25, 0.3) is 0 Å². The molecule has 0 spiro atoms. The lowest BCUT2D eigenvalue weighted by Gasteiger charge is -2.09. The molecule has 0 atom stereocenters. The molecule has 0 aliphatic rings. The van der Waals surface area contributed by atoms with Crippen molar-refractivity contribution in [1.82, 2.24) is 10.2 Å². The van der Waals surface area contributed by atoms with Gasteiger partial charge in [0.15, 0.2) is 0 Å². The number of methoxy groups -OCH3 is 1. The van der Waals surface area contributed by atoms with Gasteiger partial charge in [-0.25, -0.2) is 0 Å². The lowest BCUT2D eigenvalue weighted by Crippen LogP contribution is -2.29. The van der Waals surface area contributed by atoms with E-state index >= 15 is 0 Å². The standard InChI is InChI=1S/C8H18N2O2/c1-10(2)6-4-5-9-8(11)7-12-3/h4-7H2,1-3H3,(H,9,11). The Morgan fingerprint density at radius 3 is 2.67 bits per heavy atom. The highest BCUT2D eigenvalue weighted by atomic mass is 16.5. The molecule has 0 aromatic heterocycles. The van der Waals surface area contributed by atoms with Crippen LogP contribution < -0.4 is 5.32 Å². The number of amides is 1. The molecule has 0 aliphatic heterocycles. The van der Waals surface area contributed by atoms with Crippen molar-refractivity contribution in [2.45, 2.75) is 6.42 Å². The van der Waals surface area contributed by atoms with Gasteiger partial charge in [0.2, 0.25) is 5.91 Å². The van der Waals surface area contributed by atoms with Gasteiger partial charge < -0.3 is 15.0 Å². The number of nitrogens with zero attached hydrogens (tertiary/aromatic N) is 1. The van der Waals surface area contributed by atoms with Gasteiger partial charge in [-0.15, -0.1) is 0 Å². The van der Waals surface area contributed by atoms with Crippen molar-refractivity contribution in [2.75, 3.05) is 40.9 Å².